The number of aromatic nitrogens is 1. The van der Waals surface area contributed by atoms with Gasteiger partial charge in [-0.3, -0.25) is 4.98 Å². The maximum absolute atomic E-state index is 11.2. The van der Waals surface area contributed by atoms with E-state index >= 15 is 0 Å². The number of nitrogens with zero attached hydrogens (tertiary/aromatic N) is 1. The Kier molecular flexibility index (Phi) is 2.54. The van der Waals surface area contributed by atoms with Gasteiger partial charge in [0, 0.05) is 19.2 Å². The van der Waals surface area contributed by atoms with E-state index in [2.05, 4.69) is 16.8 Å². The second kappa shape index (κ2) is 4.08. The molecule has 1 aromatic carbocycles. The number of fused-ring (bicyclic) bond motifs is 1. The minimum atomic E-state index is -0.437. The molecular weight excluding hydrogens is 230 g/mol. The van der Waals surface area contributed by atoms with Crippen LogP contribution in [0.4, 0.5) is 11.4 Å². The van der Waals surface area contributed by atoms with Gasteiger partial charge in [0.2, 0.25) is 0 Å². The molecule has 1 saturated heterocycles. The van der Waals surface area contributed by atoms with Gasteiger partial charge in [-0.15, -0.1) is 0 Å². The van der Waals surface area contributed by atoms with Crippen molar-refractivity contribution in [3.05, 3.63) is 22.7 Å². The molecule has 0 aliphatic carbocycles. The molecule has 1 aromatic heterocycles. The van der Waals surface area contributed by atoms with E-state index in [1.54, 1.807) is 6.07 Å². The van der Waals surface area contributed by atoms with Crippen molar-refractivity contribution < 1.29 is 4.42 Å². The van der Waals surface area contributed by atoms with Gasteiger partial charge in [0.05, 0.1) is 16.9 Å². The first-order chi connectivity index (χ1) is 8.63. The van der Waals surface area contributed by atoms with Crippen LogP contribution in [-0.4, -0.2) is 18.1 Å². The number of rotatable bonds is 1. The maximum Gasteiger partial charge on any atom is 0.417 e. The number of hydrogen-bond acceptors (Lipinski definition) is 4. The van der Waals surface area contributed by atoms with Crippen molar-refractivity contribution in [1.82, 2.24) is 4.98 Å². The van der Waals surface area contributed by atoms with Gasteiger partial charge in [-0.05, 0) is 24.8 Å². The summed E-state index contributed by atoms with van der Waals surface area (Å²) in [7, 11) is 0. The van der Waals surface area contributed by atoms with E-state index in [0.717, 1.165) is 18.8 Å². The third-order valence-electron chi connectivity index (χ3n) is 3.57. The highest BCUT2D eigenvalue weighted by atomic mass is 16.4. The molecule has 2 aromatic rings. The summed E-state index contributed by atoms with van der Waals surface area (Å²) in [6, 6.07) is 3.63. The van der Waals surface area contributed by atoms with Gasteiger partial charge >= 0.3 is 5.76 Å². The molecule has 5 nitrogen and oxygen atoms in total. The summed E-state index contributed by atoms with van der Waals surface area (Å²) in [5, 5.41) is 0. The normalized spacial score (nSPS) is 20.5. The van der Waals surface area contributed by atoms with E-state index < -0.39 is 5.76 Å². The summed E-state index contributed by atoms with van der Waals surface area (Å²) >= 11 is 0. The first-order valence-corrected chi connectivity index (χ1v) is 6.31. The zero-order chi connectivity index (χ0) is 12.7. The molecule has 1 atom stereocenters. The number of piperidine rings is 1. The van der Waals surface area contributed by atoms with Gasteiger partial charge in [-0.1, -0.05) is 6.92 Å². The number of nitrogens with two attached hydrogens (primary N) is 1. The molecule has 96 valence electrons. The Balaban J connectivity index is 2.04. The van der Waals surface area contributed by atoms with E-state index in [0.29, 0.717) is 22.7 Å². The van der Waals surface area contributed by atoms with Gasteiger partial charge in [-0.25, -0.2) is 4.79 Å². The second-order valence-corrected chi connectivity index (χ2v) is 5.12. The number of hydrogen-bond donors (Lipinski definition) is 2. The second-order valence-electron chi connectivity index (χ2n) is 5.12. The van der Waals surface area contributed by atoms with Crippen LogP contribution in [0.25, 0.3) is 11.1 Å². The minimum Gasteiger partial charge on any atom is -0.408 e. The Hall–Kier alpha value is -1.91. The molecule has 5 heteroatoms. The Morgan fingerprint density at radius 3 is 3.11 bits per heavy atom. The lowest BCUT2D eigenvalue weighted by Gasteiger charge is -2.33. The topological polar surface area (TPSA) is 75.3 Å². The molecule has 3 N–H and O–H groups in total. The van der Waals surface area contributed by atoms with E-state index in [-0.39, 0.29) is 0 Å². The third kappa shape index (κ3) is 1.85. The van der Waals surface area contributed by atoms with Crippen molar-refractivity contribution in [3.8, 4) is 0 Å². The van der Waals surface area contributed by atoms with Crippen molar-refractivity contribution >= 4 is 22.5 Å². The zero-order valence-corrected chi connectivity index (χ0v) is 10.4. The van der Waals surface area contributed by atoms with Crippen LogP contribution in [0.3, 0.4) is 0 Å². The summed E-state index contributed by atoms with van der Waals surface area (Å²) in [6.45, 7) is 4.28. The summed E-state index contributed by atoms with van der Waals surface area (Å²) in [5.74, 6) is 0.241. The smallest absolute Gasteiger partial charge is 0.408 e. The quantitative estimate of drug-likeness (QED) is 0.755. The Labute approximate surface area is 105 Å². The van der Waals surface area contributed by atoms with Crippen LogP contribution >= 0.6 is 0 Å². The number of anilines is 2. The Bertz CT molecular complexity index is 629. The van der Waals surface area contributed by atoms with Gasteiger partial charge in [-0.2, -0.15) is 0 Å². The van der Waals surface area contributed by atoms with Crippen molar-refractivity contribution in [3.63, 3.8) is 0 Å². The summed E-state index contributed by atoms with van der Waals surface area (Å²) < 4.78 is 5.00. The Morgan fingerprint density at radius 1 is 1.50 bits per heavy atom. The standard InChI is InChI=1S/C13H17N3O2/c1-8-3-2-4-16(7-8)11-6-10-12(5-9(11)14)18-13(17)15-10/h5-6,8H,2-4,7,14H2,1H3,(H,15,17). The number of oxazole rings is 1. The number of aromatic amines is 1. The van der Waals surface area contributed by atoms with E-state index in [9.17, 15) is 4.79 Å². The van der Waals surface area contributed by atoms with Crippen LogP contribution in [0.15, 0.2) is 21.3 Å². The lowest BCUT2D eigenvalue weighted by atomic mass is 9.99. The highest BCUT2D eigenvalue weighted by Gasteiger charge is 2.19. The lowest BCUT2D eigenvalue weighted by Crippen LogP contribution is -2.34. The average Bonchev–Trinajstić information content (AvgIpc) is 2.67. The molecular formula is C13H17N3O2. The van der Waals surface area contributed by atoms with Crippen LogP contribution in [0.5, 0.6) is 0 Å². The fourth-order valence-electron chi connectivity index (χ4n) is 2.68. The maximum atomic E-state index is 11.2. The molecule has 0 saturated carbocycles. The summed E-state index contributed by atoms with van der Waals surface area (Å²) in [6.07, 6.45) is 2.45. The number of nitrogens with one attached hydrogen (secondary N) is 1. The van der Waals surface area contributed by atoms with Gasteiger partial charge in [0.15, 0.2) is 5.58 Å². The fraction of sp³-hybridized carbons (Fsp3) is 0.462. The molecule has 1 aliphatic rings. The summed E-state index contributed by atoms with van der Waals surface area (Å²) in [5.41, 5.74) is 8.94. The highest BCUT2D eigenvalue weighted by molar-refractivity contribution is 5.85. The van der Waals surface area contributed by atoms with Crippen LogP contribution < -0.4 is 16.4 Å². The number of benzene rings is 1. The molecule has 0 spiro atoms. The van der Waals surface area contributed by atoms with Crippen molar-refractivity contribution in [2.45, 2.75) is 19.8 Å². The predicted octanol–water partition coefficient (Wildman–Crippen LogP) is 1.94. The van der Waals surface area contributed by atoms with Gasteiger partial charge in [0.25, 0.3) is 0 Å². The van der Waals surface area contributed by atoms with Crippen molar-refractivity contribution in [1.29, 1.82) is 0 Å². The monoisotopic (exact) mass is 247 g/mol. The Morgan fingerprint density at radius 2 is 2.33 bits per heavy atom. The molecule has 1 fully saturated rings. The van der Waals surface area contributed by atoms with Gasteiger partial charge in [0.1, 0.15) is 0 Å². The van der Waals surface area contributed by atoms with E-state index in [1.165, 1.54) is 12.8 Å². The highest BCUT2D eigenvalue weighted by Crippen LogP contribution is 2.31. The molecule has 0 radical (unpaired) electrons. The first kappa shape index (κ1) is 11.2. The molecule has 2 heterocycles. The summed E-state index contributed by atoms with van der Waals surface area (Å²) in [4.78, 5) is 16.1. The fourth-order valence-corrected chi connectivity index (χ4v) is 2.68. The number of nitrogen functional groups attached to an aromatic ring is 1. The zero-order valence-electron chi connectivity index (χ0n) is 10.4. The van der Waals surface area contributed by atoms with Crippen LogP contribution in [0, 0.1) is 5.92 Å². The SMILES string of the molecule is CC1CCCN(c2cc3[nH]c(=O)oc3cc2N)C1. The van der Waals surface area contributed by atoms with Crippen LogP contribution in [-0.2, 0) is 0 Å². The van der Waals surface area contributed by atoms with E-state index in [1.807, 2.05) is 6.07 Å². The number of H-pyrrole nitrogens is 1. The molecule has 0 bridgehead atoms. The van der Waals surface area contributed by atoms with Crippen molar-refractivity contribution in [2.75, 3.05) is 23.7 Å². The predicted molar refractivity (Wildman–Crippen MR) is 71.9 cm³/mol. The average molecular weight is 247 g/mol. The molecule has 0 amide bonds. The minimum absolute atomic E-state index is 0.437. The largest absolute Gasteiger partial charge is 0.417 e. The molecule has 18 heavy (non-hydrogen) atoms. The third-order valence-corrected chi connectivity index (χ3v) is 3.57. The van der Waals surface area contributed by atoms with Crippen LogP contribution in [0.2, 0.25) is 0 Å². The first-order valence-electron chi connectivity index (χ1n) is 6.31. The van der Waals surface area contributed by atoms with Gasteiger partial charge < -0.3 is 15.1 Å². The molecule has 1 aliphatic heterocycles. The van der Waals surface area contributed by atoms with Crippen LogP contribution in [0.1, 0.15) is 19.8 Å². The van der Waals surface area contributed by atoms with E-state index in [4.69, 9.17) is 10.2 Å². The molecule has 1 unspecified atom stereocenters. The van der Waals surface area contributed by atoms with Crippen molar-refractivity contribution in [2.24, 2.45) is 5.92 Å². The lowest BCUT2D eigenvalue weighted by molar-refractivity contribution is 0.447. The molecule has 3 rings (SSSR count).